The minimum absolute atomic E-state index is 0.192. The Labute approximate surface area is 204 Å². The van der Waals surface area contributed by atoms with Gasteiger partial charge in [-0.3, -0.25) is 0 Å². The average molecular weight is 463 g/mol. The van der Waals surface area contributed by atoms with Crippen LogP contribution in [0.15, 0.2) is 66.7 Å². The fourth-order valence-corrected chi connectivity index (χ4v) is 5.37. The van der Waals surface area contributed by atoms with Crippen LogP contribution in [0.2, 0.25) is 5.02 Å². The van der Waals surface area contributed by atoms with E-state index in [2.05, 4.69) is 55.5 Å². The molecule has 1 aliphatic carbocycles. The van der Waals surface area contributed by atoms with Gasteiger partial charge in [0, 0.05) is 0 Å². The Morgan fingerprint density at radius 1 is 0.697 bits per heavy atom. The molecular weight excluding hydrogens is 427 g/mol. The monoisotopic (exact) mass is 462 g/mol. The molecule has 0 amide bonds. The highest BCUT2D eigenvalue weighted by molar-refractivity contribution is 6.30. The van der Waals surface area contributed by atoms with Gasteiger partial charge in [-0.25, -0.2) is 4.39 Å². The molecule has 0 spiro atoms. The summed E-state index contributed by atoms with van der Waals surface area (Å²) < 4.78 is 13.6. The van der Waals surface area contributed by atoms with Crippen molar-refractivity contribution in [1.29, 1.82) is 0 Å². The lowest BCUT2D eigenvalue weighted by molar-refractivity contribution is 0.310. The Hall–Kier alpha value is -2.12. The molecule has 0 aromatic heterocycles. The summed E-state index contributed by atoms with van der Waals surface area (Å²) in [4.78, 5) is 0. The van der Waals surface area contributed by atoms with Crippen LogP contribution >= 0.6 is 11.6 Å². The van der Waals surface area contributed by atoms with Crippen LogP contribution in [-0.4, -0.2) is 0 Å². The summed E-state index contributed by atoms with van der Waals surface area (Å²) in [7, 11) is 0. The number of aryl methyl sites for hydroxylation is 4. The van der Waals surface area contributed by atoms with Crippen LogP contribution in [0.5, 0.6) is 0 Å². The molecule has 33 heavy (non-hydrogen) atoms. The van der Waals surface area contributed by atoms with Gasteiger partial charge in [0.25, 0.3) is 0 Å². The van der Waals surface area contributed by atoms with Crippen molar-refractivity contribution >= 4 is 11.6 Å². The molecule has 1 fully saturated rings. The van der Waals surface area contributed by atoms with Crippen LogP contribution in [0.4, 0.5) is 4.39 Å². The zero-order chi connectivity index (χ0) is 23.0. The second-order valence-corrected chi connectivity index (χ2v) is 10.2. The van der Waals surface area contributed by atoms with Crippen molar-refractivity contribution in [2.45, 2.75) is 77.0 Å². The highest BCUT2D eigenvalue weighted by Gasteiger charge is 2.22. The van der Waals surface area contributed by atoms with E-state index in [1.807, 2.05) is 6.07 Å². The minimum Gasteiger partial charge on any atom is -0.205 e. The van der Waals surface area contributed by atoms with E-state index in [4.69, 9.17) is 11.6 Å². The third-order valence-corrected chi connectivity index (χ3v) is 7.69. The average Bonchev–Trinajstić information content (AvgIpc) is 2.85. The highest BCUT2D eigenvalue weighted by atomic mass is 35.5. The van der Waals surface area contributed by atoms with Gasteiger partial charge in [-0.05, 0) is 110 Å². The molecule has 1 saturated carbocycles. The van der Waals surface area contributed by atoms with E-state index in [1.165, 1.54) is 68.1 Å². The molecule has 0 nitrogen and oxygen atoms in total. The zero-order valence-corrected chi connectivity index (χ0v) is 20.6. The van der Waals surface area contributed by atoms with Crippen molar-refractivity contribution < 1.29 is 4.39 Å². The predicted octanol–water partition coefficient (Wildman–Crippen LogP) is 9.12. The third kappa shape index (κ3) is 6.93. The number of benzene rings is 3. The molecule has 0 unspecified atom stereocenters. The van der Waals surface area contributed by atoms with E-state index in [0.29, 0.717) is 0 Å². The fourth-order valence-electron chi connectivity index (χ4n) is 5.26. The summed E-state index contributed by atoms with van der Waals surface area (Å²) >= 11 is 5.78. The van der Waals surface area contributed by atoms with Gasteiger partial charge in [0.1, 0.15) is 5.82 Å². The Kier molecular flexibility index (Phi) is 8.62. The summed E-state index contributed by atoms with van der Waals surface area (Å²) in [5.74, 6) is 1.29. The molecule has 0 heterocycles. The lowest BCUT2D eigenvalue weighted by Gasteiger charge is -2.29. The van der Waals surface area contributed by atoms with Crippen molar-refractivity contribution in [3.8, 4) is 0 Å². The topological polar surface area (TPSA) is 0 Å². The Morgan fingerprint density at radius 3 is 1.88 bits per heavy atom. The second-order valence-electron chi connectivity index (χ2n) is 9.81. The van der Waals surface area contributed by atoms with E-state index in [-0.39, 0.29) is 10.8 Å². The highest BCUT2D eigenvalue weighted by Crippen LogP contribution is 2.37. The number of halogens is 2. The number of hydrogen-bond donors (Lipinski definition) is 0. The van der Waals surface area contributed by atoms with Crippen LogP contribution in [0.1, 0.15) is 79.2 Å². The van der Waals surface area contributed by atoms with Gasteiger partial charge in [0.15, 0.2) is 0 Å². The number of hydrogen-bond acceptors (Lipinski definition) is 0. The molecule has 0 bridgehead atoms. The van der Waals surface area contributed by atoms with Gasteiger partial charge < -0.3 is 0 Å². The van der Waals surface area contributed by atoms with Gasteiger partial charge in [0.05, 0.1) is 5.02 Å². The Bertz CT molecular complexity index is 998. The molecule has 3 aromatic carbocycles. The summed E-state index contributed by atoms with van der Waals surface area (Å²) in [6, 6.07) is 23.6. The van der Waals surface area contributed by atoms with E-state index in [1.54, 1.807) is 17.7 Å². The fraction of sp³-hybridized carbons (Fsp3) is 0.419. The number of rotatable bonds is 9. The van der Waals surface area contributed by atoms with Gasteiger partial charge in [0.2, 0.25) is 0 Å². The molecular formula is C31H36ClF. The molecule has 174 valence electrons. The van der Waals surface area contributed by atoms with E-state index in [9.17, 15) is 4.39 Å². The van der Waals surface area contributed by atoms with Crippen LogP contribution in [-0.2, 0) is 25.7 Å². The van der Waals surface area contributed by atoms with Crippen LogP contribution < -0.4 is 0 Å². The lowest BCUT2D eigenvalue weighted by atomic mass is 9.77. The lowest BCUT2D eigenvalue weighted by Crippen LogP contribution is -2.14. The first-order chi connectivity index (χ1) is 16.1. The van der Waals surface area contributed by atoms with Crippen LogP contribution in [0.25, 0.3) is 0 Å². The van der Waals surface area contributed by atoms with Crippen molar-refractivity contribution in [3.05, 3.63) is 105 Å². The summed E-state index contributed by atoms with van der Waals surface area (Å²) in [5, 5.41) is 0.192. The molecule has 0 radical (unpaired) electrons. The Balaban J connectivity index is 1.19. The van der Waals surface area contributed by atoms with Gasteiger partial charge in [-0.2, -0.15) is 0 Å². The first-order valence-corrected chi connectivity index (χ1v) is 13.1. The molecule has 3 aromatic rings. The molecule has 0 aliphatic heterocycles. The maximum absolute atomic E-state index is 13.6. The standard InChI is InChI=1S/C31H36ClF/c1-2-3-23-12-17-28(18-13-23)29-19-14-26(15-20-29)9-8-24-4-6-25(7-5-24)10-11-27-16-21-30(32)31(33)22-27/h4-7,12-13,16-18,21-22,26,29H,2-3,8-11,14-15,19-20H2,1H3. The van der Waals surface area contributed by atoms with Crippen molar-refractivity contribution in [2.24, 2.45) is 5.92 Å². The molecule has 0 atom stereocenters. The zero-order valence-electron chi connectivity index (χ0n) is 19.8. The Morgan fingerprint density at radius 2 is 1.24 bits per heavy atom. The van der Waals surface area contributed by atoms with Crippen molar-refractivity contribution in [1.82, 2.24) is 0 Å². The largest absolute Gasteiger partial charge is 0.205 e. The first-order valence-electron chi connectivity index (χ1n) is 12.7. The minimum atomic E-state index is -0.330. The van der Waals surface area contributed by atoms with Crippen molar-refractivity contribution in [2.75, 3.05) is 0 Å². The quantitative estimate of drug-likeness (QED) is 0.297. The van der Waals surface area contributed by atoms with E-state index >= 15 is 0 Å². The van der Waals surface area contributed by atoms with Crippen molar-refractivity contribution in [3.63, 3.8) is 0 Å². The van der Waals surface area contributed by atoms with Crippen LogP contribution in [0.3, 0.4) is 0 Å². The normalized spacial score (nSPS) is 18.4. The van der Waals surface area contributed by atoms with Gasteiger partial charge in [-0.1, -0.05) is 79.5 Å². The van der Waals surface area contributed by atoms with Gasteiger partial charge in [-0.15, -0.1) is 0 Å². The SMILES string of the molecule is CCCc1ccc(C2CCC(CCc3ccc(CCc4ccc(Cl)c(F)c4)cc3)CC2)cc1. The second kappa shape index (κ2) is 11.8. The van der Waals surface area contributed by atoms with E-state index < -0.39 is 0 Å². The molecule has 4 rings (SSSR count). The summed E-state index contributed by atoms with van der Waals surface area (Å²) in [6.45, 7) is 2.25. The summed E-state index contributed by atoms with van der Waals surface area (Å²) in [5.41, 5.74) is 6.75. The summed E-state index contributed by atoms with van der Waals surface area (Å²) in [6.07, 6.45) is 12.0. The molecule has 1 aliphatic rings. The molecule has 0 saturated heterocycles. The van der Waals surface area contributed by atoms with Gasteiger partial charge >= 0.3 is 0 Å². The molecule has 2 heteroatoms. The maximum atomic E-state index is 13.6. The first kappa shape index (κ1) is 24.0. The molecule has 0 N–H and O–H groups in total. The smallest absolute Gasteiger partial charge is 0.142 e. The predicted molar refractivity (Wildman–Crippen MR) is 139 cm³/mol. The maximum Gasteiger partial charge on any atom is 0.142 e. The van der Waals surface area contributed by atoms with Crippen LogP contribution in [0, 0.1) is 11.7 Å². The van der Waals surface area contributed by atoms with E-state index in [0.717, 1.165) is 30.2 Å². The third-order valence-electron chi connectivity index (χ3n) is 7.39.